The van der Waals surface area contributed by atoms with Gasteiger partial charge in [-0.25, -0.2) is 4.79 Å². The van der Waals surface area contributed by atoms with Gasteiger partial charge in [-0.2, -0.15) is 0 Å². The van der Waals surface area contributed by atoms with Crippen LogP contribution in [0.2, 0.25) is 0 Å². The summed E-state index contributed by atoms with van der Waals surface area (Å²) in [6, 6.07) is 19.9. The molecule has 2 aromatic rings. The number of nitrogens with zero attached hydrogens (tertiary/aromatic N) is 1. The fraction of sp³-hybridized carbons (Fsp3) is 0.519. The van der Waals surface area contributed by atoms with Gasteiger partial charge in [0.1, 0.15) is 5.60 Å². The van der Waals surface area contributed by atoms with E-state index in [0.29, 0.717) is 25.6 Å². The van der Waals surface area contributed by atoms with Crippen LogP contribution in [0.25, 0.3) is 0 Å². The van der Waals surface area contributed by atoms with Gasteiger partial charge in [-0.15, -0.1) is 0 Å². The quantitative estimate of drug-likeness (QED) is 0.626. The molecule has 4 rings (SSSR count). The predicted molar refractivity (Wildman–Crippen MR) is 123 cm³/mol. The lowest BCUT2D eigenvalue weighted by Crippen LogP contribution is -2.46. The lowest BCUT2D eigenvalue weighted by Gasteiger charge is -2.42. The molecule has 1 amide bonds. The van der Waals surface area contributed by atoms with Gasteiger partial charge in [0.2, 0.25) is 0 Å². The number of carbonyl (C=O) groups excluding carboxylic acids is 1. The van der Waals surface area contributed by atoms with E-state index in [9.17, 15) is 9.90 Å². The number of rotatable bonds is 5. The van der Waals surface area contributed by atoms with E-state index in [-0.39, 0.29) is 12.0 Å². The summed E-state index contributed by atoms with van der Waals surface area (Å²) in [5.41, 5.74) is 0.768. The Labute approximate surface area is 186 Å². The minimum Gasteiger partial charge on any atom is -0.449 e. The lowest BCUT2D eigenvalue weighted by atomic mass is 9.72. The van der Waals surface area contributed by atoms with E-state index < -0.39 is 5.60 Å². The number of benzene rings is 2. The van der Waals surface area contributed by atoms with Crippen LogP contribution in [0, 0.1) is 11.8 Å². The molecule has 0 spiro atoms. The number of ether oxygens (including phenoxy) is 1. The first kappa shape index (κ1) is 21.9. The van der Waals surface area contributed by atoms with Crippen molar-refractivity contribution in [2.45, 2.75) is 57.0 Å². The van der Waals surface area contributed by atoms with Crippen molar-refractivity contribution in [1.82, 2.24) is 4.90 Å². The Morgan fingerprint density at radius 3 is 1.87 bits per heavy atom. The number of amides is 1. The molecule has 1 N–H and O–H groups in total. The average molecular weight is 422 g/mol. The molecule has 2 fully saturated rings. The Bertz CT molecular complexity index is 767. The molecule has 0 bridgehead atoms. The molecule has 0 radical (unpaired) electrons. The van der Waals surface area contributed by atoms with Crippen molar-refractivity contribution >= 4 is 6.09 Å². The predicted octanol–water partition coefficient (Wildman–Crippen LogP) is 5.74. The largest absolute Gasteiger partial charge is 0.449 e. The van der Waals surface area contributed by atoms with Crippen molar-refractivity contribution in [3.8, 4) is 0 Å². The monoisotopic (exact) mass is 421 g/mol. The van der Waals surface area contributed by atoms with Gasteiger partial charge in [0.05, 0.1) is 6.61 Å². The Balaban J connectivity index is 1.39. The summed E-state index contributed by atoms with van der Waals surface area (Å²) in [5.74, 6) is 0.563. The molecule has 1 aliphatic heterocycles. The van der Waals surface area contributed by atoms with Gasteiger partial charge in [0.25, 0.3) is 0 Å². The number of hydrogen-bond acceptors (Lipinski definition) is 3. The smallest absolute Gasteiger partial charge is 0.409 e. The summed E-state index contributed by atoms with van der Waals surface area (Å²) >= 11 is 0. The number of piperidine rings is 1. The Morgan fingerprint density at radius 2 is 1.35 bits per heavy atom. The Morgan fingerprint density at radius 1 is 0.839 bits per heavy atom. The molecule has 1 saturated heterocycles. The van der Waals surface area contributed by atoms with Crippen molar-refractivity contribution in [1.29, 1.82) is 0 Å². The summed E-state index contributed by atoms with van der Waals surface area (Å²) < 4.78 is 5.69. The second-order valence-electron chi connectivity index (χ2n) is 9.19. The minimum absolute atomic E-state index is 0.0446. The van der Waals surface area contributed by atoms with Gasteiger partial charge in [0, 0.05) is 13.1 Å². The molecule has 31 heavy (non-hydrogen) atoms. The van der Waals surface area contributed by atoms with Gasteiger partial charge in [-0.3, -0.25) is 0 Å². The van der Waals surface area contributed by atoms with Crippen molar-refractivity contribution in [2.75, 3.05) is 19.7 Å². The molecule has 4 heteroatoms. The molecule has 166 valence electrons. The normalized spacial score (nSPS) is 19.1. The van der Waals surface area contributed by atoms with Crippen LogP contribution in [-0.2, 0) is 10.3 Å². The zero-order valence-electron chi connectivity index (χ0n) is 18.4. The fourth-order valence-corrected chi connectivity index (χ4v) is 5.31. The summed E-state index contributed by atoms with van der Waals surface area (Å²) in [6.07, 6.45) is 8.79. The van der Waals surface area contributed by atoms with Gasteiger partial charge in [-0.1, -0.05) is 86.3 Å². The van der Waals surface area contributed by atoms with Crippen LogP contribution >= 0.6 is 0 Å². The molecule has 1 saturated carbocycles. The first-order chi connectivity index (χ1) is 15.2. The highest BCUT2D eigenvalue weighted by Gasteiger charge is 2.42. The summed E-state index contributed by atoms with van der Waals surface area (Å²) in [4.78, 5) is 14.5. The van der Waals surface area contributed by atoms with Crippen LogP contribution in [-0.4, -0.2) is 35.8 Å². The number of likely N-dealkylation sites (tertiary alicyclic amines) is 1. The maximum Gasteiger partial charge on any atom is 0.409 e. The van der Waals surface area contributed by atoms with E-state index in [1.54, 1.807) is 0 Å². The van der Waals surface area contributed by atoms with Gasteiger partial charge >= 0.3 is 6.09 Å². The number of aliphatic hydroxyl groups is 1. The summed E-state index contributed by atoms with van der Waals surface area (Å²) in [6.45, 7) is 1.79. The second kappa shape index (κ2) is 10.3. The third kappa shape index (κ3) is 5.12. The molecule has 0 atom stereocenters. The number of hydrogen-bond donors (Lipinski definition) is 1. The molecule has 2 aliphatic rings. The summed E-state index contributed by atoms with van der Waals surface area (Å²) in [7, 11) is 0. The molecule has 0 unspecified atom stereocenters. The molecule has 4 nitrogen and oxygen atoms in total. The van der Waals surface area contributed by atoms with Crippen LogP contribution in [0.5, 0.6) is 0 Å². The molecular formula is C27H35NO3. The highest BCUT2D eigenvalue weighted by Crippen LogP contribution is 2.42. The molecule has 0 aromatic heterocycles. The third-order valence-corrected chi connectivity index (χ3v) is 7.19. The van der Waals surface area contributed by atoms with E-state index in [2.05, 4.69) is 0 Å². The number of carbonyl (C=O) groups is 1. The third-order valence-electron chi connectivity index (χ3n) is 7.19. The zero-order chi connectivity index (χ0) is 21.5. The van der Waals surface area contributed by atoms with E-state index in [4.69, 9.17) is 4.74 Å². The van der Waals surface area contributed by atoms with E-state index in [1.807, 2.05) is 65.6 Å². The standard InChI is InChI=1S/C27H35NO3/c29-26(31-21-22-11-5-1-2-6-12-22)28-19-17-25(18-20-28)27(30,23-13-7-3-8-14-23)24-15-9-4-10-16-24/h3-4,7-10,13-16,22,25,30H,1-2,5-6,11-12,17-21H2. The molecular weight excluding hydrogens is 386 g/mol. The second-order valence-corrected chi connectivity index (χ2v) is 9.19. The minimum atomic E-state index is -1.06. The molecule has 1 heterocycles. The van der Waals surface area contributed by atoms with Gasteiger partial charge in [0.15, 0.2) is 0 Å². The van der Waals surface area contributed by atoms with Crippen LogP contribution in [0.3, 0.4) is 0 Å². The van der Waals surface area contributed by atoms with Crippen molar-refractivity contribution in [3.05, 3.63) is 71.8 Å². The van der Waals surface area contributed by atoms with E-state index in [0.717, 1.165) is 24.0 Å². The highest BCUT2D eigenvalue weighted by molar-refractivity contribution is 5.67. The Kier molecular flexibility index (Phi) is 7.29. The van der Waals surface area contributed by atoms with Crippen LogP contribution < -0.4 is 0 Å². The SMILES string of the molecule is O=C(OCC1CCCCCC1)N1CCC(C(O)(c2ccccc2)c2ccccc2)CC1. The molecule has 2 aromatic carbocycles. The van der Waals surface area contributed by atoms with Crippen molar-refractivity contribution < 1.29 is 14.6 Å². The average Bonchev–Trinajstić information content (AvgIpc) is 3.12. The van der Waals surface area contributed by atoms with E-state index in [1.165, 1.54) is 38.5 Å². The lowest BCUT2D eigenvalue weighted by molar-refractivity contribution is -0.0153. The Hall–Kier alpha value is -2.33. The van der Waals surface area contributed by atoms with E-state index >= 15 is 0 Å². The topological polar surface area (TPSA) is 49.8 Å². The van der Waals surface area contributed by atoms with Crippen molar-refractivity contribution in [2.24, 2.45) is 11.8 Å². The first-order valence-corrected chi connectivity index (χ1v) is 11.9. The molecule has 1 aliphatic carbocycles. The van der Waals surface area contributed by atoms with Crippen LogP contribution in [0.1, 0.15) is 62.5 Å². The maximum atomic E-state index is 12.7. The maximum absolute atomic E-state index is 12.7. The fourth-order valence-electron chi connectivity index (χ4n) is 5.31. The van der Waals surface area contributed by atoms with Crippen LogP contribution in [0.4, 0.5) is 4.79 Å². The van der Waals surface area contributed by atoms with Gasteiger partial charge in [-0.05, 0) is 48.6 Å². The zero-order valence-corrected chi connectivity index (χ0v) is 18.4. The van der Waals surface area contributed by atoms with Gasteiger partial charge < -0.3 is 14.7 Å². The highest BCUT2D eigenvalue weighted by atomic mass is 16.6. The van der Waals surface area contributed by atoms with Crippen molar-refractivity contribution in [3.63, 3.8) is 0 Å². The summed E-state index contributed by atoms with van der Waals surface area (Å²) in [5, 5.41) is 12.0. The van der Waals surface area contributed by atoms with Crippen LogP contribution in [0.15, 0.2) is 60.7 Å². The first-order valence-electron chi connectivity index (χ1n) is 11.9.